The van der Waals surface area contributed by atoms with Gasteiger partial charge in [0.2, 0.25) is 5.91 Å². The van der Waals surface area contributed by atoms with Gasteiger partial charge in [0.15, 0.2) is 6.10 Å². The Kier molecular flexibility index (Phi) is 5.85. The van der Waals surface area contributed by atoms with Gasteiger partial charge in [-0.25, -0.2) is 4.98 Å². The molecule has 0 bridgehead atoms. The van der Waals surface area contributed by atoms with Crippen molar-refractivity contribution in [3.63, 3.8) is 0 Å². The standard InChI is InChI=1S/C22H27N3O3S/c1-3-19-22(27)25(13-21(26)24-10-6-4-5-7-11-24)18-12-16(8-9-20(18)28-19)17-14-29-15(2)23-17/h8-9,12,14,19H,3-7,10-11,13H2,1-2H3. The number of aryl methyl sites for hydroxylation is 1. The topological polar surface area (TPSA) is 62.7 Å². The Morgan fingerprint density at radius 3 is 2.66 bits per heavy atom. The molecule has 6 nitrogen and oxygen atoms in total. The van der Waals surface area contributed by atoms with Crippen LogP contribution in [0.15, 0.2) is 23.6 Å². The van der Waals surface area contributed by atoms with E-state index in [4.69, 9.17) is 4.74 Å². The van der Waals surface area contributed by atoms with Gasteiger partial charge in [0, 0.05) is 24.0 Å². The maximum Gasteiger partial charge on any atom is 0.268 e. The number of anilines is 1. The Morgan fingerprint density at radius 2 is 2.00 bits per heavy atom. The highest BCUT2D eigenvalue weighted by Gasteiger charge is 2.35. The molecule has 0 aliphatic carbocycles. The normalized spacial score (nSPS) is 19.5. The molecule has 1 aromatic heterocycles. The minimum absolute atomic E-state index is 0.0119. The van der Waals surface area contributed by atoms with E-state index in [0.717, 1.165) is 55.0 Å². The molecule has 0 radical (unpaired) electrons. The van der Waals surface area contributed by atoms with Gasteiger partial charge in [-0.3, -0.25) is 14.5 Å². The summed E-state index contributed by atoms with van der Waals surface area (Å²) < 4.78 is 5.93. The summed E-state index contributed by atoms with van der Waals surface area (Å²) in [5.74, 6) is 0.517. The number of benzene rings is 1. The average Bonchev–Trinajstić information content (AvgIpc) is 2.99. The lowest BCUT2D eigenvalue weighted by atomic mass is 10.1. The van der Waals surface area contributed by atoms with Gasteiger partial charge in [0.25, 0.3) is 5.91 Å². The minimum Gasteiger partial charge on any atom is -0.478 e. The highest BCUT2D eigenvalue weighted by atomic mass is 32.1. The van der Waals surface area contributed by atoms with Crippen molar-refractivity contribution >= 4 is 28.8 Å². The van der Waals surface area contributed by atoms with Crippen molar-refractivity contribution in [3.05, 3.63) is 28.6 Å². The fourth-order valence-electron chi connectivity index (χ4n) is 3.96. The molecule has 0 N–H and O–H groups in total. The number of nitrogens with zero attached hydrogens (tertiary/aromatic N) is 3. The second-order valence-electron chi connectivity index (χ2n) is 7.67. The fourth-order valence-corrected chi connectivity index (χ4v) is 4.58. The molecular formula is C22H27N3O3S. The van der Waals surface area contributed by atoms with E-state index in [1.807, 2.05) is 42.3 Å². The predicted molar refractivity (Wildman–Crippen MR) is 114 cm³/mol. The molecule has 1 atom stereocenters. The molecule has 2 aliphatic heterocycles. The van der Waals surface area contributed by atoms with E-state index in [9.17, 15) is 9.59 Å². The van der Waals surface area contributed by atoms with E-state index in [0.29, 0.717) is 17.9 Å². The lowest BCUT2D eigenvalue weighted by molar-refractivity contribution is -0.133. The third kappa shape index (κ3) is 4.15. The van der Waals surface area contributed by atoms with Crippen LogP contribution in [0.3, 0.4) is 0 Å². The quantitative estimate of drug-likeness (QED) is 0.759. The van der Waals surface area contributed by atoms with E-state index in [2.05, 4.69) is 4.98 Å². The van der Waals surface area contributed by atoms with Crippen molar-refractivity contribution in [2.24, 2.45) is 0 Å². The largest absolute Gasteiger partial charge is 0.478 e. The zero-order chi connectivity index (χ0) is 20.4. The van der Waals surface area contributed by atoms with Crippen molar-refractivity contribution in [2.75, 3.05) is 24.5 Å². The molecule has 1 aromatic carbocycles. The zero-order valence-electron chi connectivity index (χ0n) is 17.0. The number of amides is 2. The van der Waals surface area contributed by atoms with Gasteiger partial charge in [0.1, 0.15) is 12.3 Å². The second-order valence-corrected chi connectivity index (χ2v) is 8.73. The molecule has 7 heteroatoms. The molecule has 29 heavy (non-hydrogen) atoms. The van der Waals surface area contributed by atoms with E-state index in [-0.39, 0.29) is 18.4 Å². The number of likely N-dealkylation sites (tertiary alicyclic amines) is 1. The maximum atomic E-state index is 13.1. The van der Waals surface area contributed by atoms with E-state index < -0.39 is 6.10 Å². The van der Waals surface area contributed by atoms with E-state index in [1.165, 1.54) is 0 Å². The molecule has 1 unspecified atom stereocenters. The molecule has 4 rings (SSSR count). The van der Waals surface area contributed by atoms with Crippen molar-refractivity contribution in [3.8, 4) is 17.0 Å². The van der Waals surface area contributed by atoms with Crippen molar-refractivity contribution in [1.29, 1.82) is 0 Å². The highest BCUT2D eigenvalue weighted by molar-refractivity contribution is 7.09. The van der Waals surface area contributed by atoms with Crippen LogP contribution in [0.4, 0.5) is 5.69 Å². The summed E-state index contributed by atoms with van der Waals surface area (Å²) in [7, 11) is 0. The molecule has 1 fully saturated rings. The average molecular weight is 414 g/mol. The van der Waals surface area contributed by atoms with Crippen LogP contribution in [0.2, 0.25) is 0 Å². The molecule has 0 saturated carbocycles. The second kappa shape index (κ2) is 8.53. The monoisotopic (exact) mass is 413 g/mol. The Hall–Kier alpha value is -2.41. The minimum atomic E-state index is -0.549. The first kappa shape index (κ1) is 19.9. The van der Waals surface area contributed by atoms with Crippen molar-refractivity contribution in [2.45, 2.75) is 52.1 Å². The van der Waals surface area contributed by atoms with Crippen LogP contribution in [0.25, 0.3) is 11.3 Å². The van der Waals surface area contributed by atoms with Crippen molar-refractivity contribution < 1.29 is 14.3 Å². The van der Waals surface area contributed by atoms with Crippen LogP contribution in [-0.2, 0) is 9.59 Å². The number of hydrogen-bond acceptors (Lipinski definition) is 5. The Morgan fingerprint density at radius 1 is 1.24 bits per heavy atom. The highest BCUT2D eigenvalue weighted by Crippen LogP contribution is 2.38. The number of carbonyl (C=O) groups excluding carboxylic acids is 2. The first-order valence-electron chi connectivity index (χ1n) is 10.4. The first-order valence-corrected chi connectivity index (χ1v) is 11.3. The van der Waals surface area contributed by atoms with E-state index >= 15 is 0 Å². The predicted octanol–water partition coefficient (Wildman–Crippen LogP) is 4.03. The van der Waals surface area contributed by atoms with Gasteiger partial charge < -0.3 is 9.64 Å². The maximum absolute atomic E-state index is 13.1. The molecule has 1 saturated heterocycles. The smallest absolute Gasteiger partial charge is 0.268 e. The van der Waals surface area contributed by atoms with Crippen molar-refractivity contribution in [1.82, 2.24) is 9.88 Å². The molecule has 154 valence electrons. The molecule has 3 heterocycles. The number of fused-ring (bicyclic) bond motifs is 1. The first-order chi connectivity index (χ1) is 14.1. The van der Waals surface area contributed by atoms with Gasteiger partial charge in [-0.2, -0.15) is 0 Å². The van der Waals surface area contributed by atoms with Crippen LogP contribution < -0.4 is 9.64 Å². The number of carbonyl (C=O) groups is 2. The molecule has 2 aliphatic rings. The van der Waals surface area contributed by atoms with Crippen LogP contribution in [0, 0.1) is 6.92 Å². The van der Waals surface area contributed by atoms with Gasteiger partial charge in [-0.1, -0.05) is 19.8 Å². The Bertz CT molecular complexity index is 902. The zero-order valence-corrected chi connectivity index (χ0v) is 17.8. The third-order valence-corrected chi connectivity index (χ3v) is 6.37. The summed E-state index contributed by atoms with van der Waals surface area (Å²) in [5.41, 5.74) is 2.46. The van der Waals surface area contributed by atoms with Crippen LogP contribution in [0.1, 0.15) is 44.0 Å². The lowest BCUT2D eigenvalue weighted by Gasteiger charge is -2.35. The van der Waals surface area contributed by atoms with Crippen LogP contribution >= 0.6 is 11.3 Å². The van der Waals surface area contributed by atoms with Crippen LogP contribution in [0.5, 0.6) is 5.75 Å². The molecule has 2 amide bonds. The summed E-state index contributed by atoms with van der Waals surface area (Å²) >= 11 is 1.59. The SMILES string of the molecule is CCC1Oc2ccc(-c3csc(C)n3)cc2N(CC(=O)N2CCCCCC2)C1=O. The number of hydrogen-bond donors (Lipinski definition) is 0. The lowest BCUT2D eigenvalue weighted by Crippen LogP contribution is -2.50. The Labute approximate surface area is 175 Å². The molecular weight excluding hydrogens is 386 g/mol. The van der Waals surface area contributed by atoms with Gasteiger partial charge >= 0.3 is 0 Å². The fraction of sp³-hybridized carbons (Fsp3) is 0.500. The molecule has 0 spiro atoms. The number of aromatic nitrogens is 1. The van der Waals surface area contributed by atoms with Gasteiger partial charge in [-0.05, 0) is 44.4 Å². The summed E-state index contributed by atoms with van der Waals surface area (Å²) in [6.07, 6.45) is 4.41. The molecule has 2 aromatic rings. The van der Waals surface area contributed by atoms with Gasteiger partial charge in [0.05, 0.1) is 16.4 Å². The Balaban J connectivity index is 1.64. The van der Waals surface area contributed by atoms with Crippen LogP contribution in [-0.4, -0.2) is 47.4 Å². The summed E-state index contributed by atoms with van der Waals surface area (Å²) in [6.45, 7) is 5.51. The van der Waals surface area contributed by atoms with E-state index in [1.54, 1.807) is 16.2 Å². The number of ether oxygens (including phenoxy) is 1. The number of rotatable bonds is 4. The summed E-state index contributed by atoms with van der Waals surface area (Å²) in [6, 6.07) is 5.77. The third-order valence-electron chi connectivity index (χ3n) is 5.60. The summed E-state index contributed by atoms with van der Waals surface area (Å²) in [4.78, 5) is 34.2. The number of thiazole rings is 1. The van der Waals surface area contributed by atoms with Gasteiger partial charge in [-0.15, -0.1) is 11.3 Å². The summed E-state index contributed by atoms with van der Waals surface area (Å²) in [5, 5.41) is 2.99.